The second-order valence-corrected chi connectivity index (χ2v) is 4.08. The molecule has 1 aromatic carbocycles. The molecule has 64 valence electrons. The zero-order valence-corrected chi connectivity index (χ0v) is 9.73. The maximum atomic E-state index is 11.0. The molecule has 1 aromatic rings. The molecule has 0 aromatic heterocycles. The van der Waals surface area contributed by atoms with Crippen LogP contribution in [0.5, 0.6) is 0 Å². The standard InChI is InChI=1S/C9H8ClIO/c1-5-3-4-6(2)8(11)7(5)9(10)12/h3-4H,1-2H3. The Morgan fingerprint density at radius 3 is 2.25 bits per heavy atom. The number of carbonyl (C=O) groups excluding carboxylic acids is 1. The molecule has 3 heteroatoms. The fourth-order valence-corrected chi connectivity index (χ4v) is 2.27. The van der Waals surface area contributed by atoms with Crippen molar-refractivity contribution in [2.45, 2.75) is 13.8 Å². The molecule has 12 heavy (non-hydrogen) atoms. The van der Waals surface area contributed by atoms with E-state index >= 15 is 0 Å². The number of benzene rings is 1. The Hall–Kier alpha value is -0.0900. The predicted molar refractivity (Wildman–Crippen MR) is 58.8 cm³/mol. The van der Waals surface area contributed by atoms with Gasteiger partial charge in [-0.05, 0) is 59.2 Å². The van der Waals surface area contributed by atoms with E-state index in [4.69, 9.17) is 11.6 Å². The van der Waals surface area contributed by atoms with E-state index in [1.165, 1.54) is 0 Å². The molecule has 0 N–H and O–H groups in total. The van der Waals surface area contributed by atoms with Crippen LogP contribution in [0.2, 0.25) is 0 Å². The largest absolute Gasteiger partial charge is 0.276 e. The van der Waals surface area contributed by atoms with E-state index in [0.29, 0.717) is 5.56 Å². The third kappa shape index (κ3) is 1.80. The molecule has 0 atom stereocenters. The number of halogens is 2. The van der Waals surface area contributed by atoms with Crippen molar-refractivity contribution in [2.24, 2.45) is 0 Å². The molecular formula is C9H8ClIO. The Kier molecular flexibility index (Phi) is 3.12. The van der Waals surface area contributed by atoms with Crippen molar-refractivity contribution in [2.75, 3.05) is 0 Å². The van der Waals surface area contributed by atoms with Gasteiger partial charge in [0.05, 0.1) is 5.56 Å². The highest BCUT2D eigenvalue weighted by Crippen LogP contribution is 2.21. The Bertz CT molecular complexity index is 334. The number of hydrogen-bond donors (Lipinski definition) is 0. The van der Waals surface area contributed by atoms with Crippen LogP contribution in [0.15, 0.2) is 12.1 Å². The first kappa shape index (κ1) is 9.99. The van der Waals surface area contributed by atoms with E-state index in [1.54, 1.807) is 0 Å². The van der Waals surface area contributed by atoms with Gasteiger partial charge in [0.15, 0.2) is 0 Å². The van der Waals surface area contributed by atoms with Gasteiger partial charge in [-0.15, -0.1) is 0 Å². The molecular weight excluding hydrogens is 286 g/mol. The van der Waals surface area contributed by atoms with Crippen LogP contribution in [-0.4, -0.2) is 5.24 Å². The van der Waals surface area contributed by atoms with E-state index in [2.05, 4.69) is 22.6 Å². The molecule has 1 nitrogen and oxygen atoms in total. The number of rotatable bonds is 1. The third-order valence-corrected chi connectivity index (χ3v) is 3.32. The lowest BCUT2D eigenvalue weighted by Crippen LogP contribution is -1.99. The van der Waals surface area contributed by atoms with Crippen LogP contribution in [0.3, 0.4) is 0 Å². The molecule has 0 unspecified atom stereocenters. The predicted octanol–water partition coefficient (Wildman–Crippen LogP) is 3.29. The number of hydrogen-bond acceptors (Lipinski definition) is 1. The molecule has 0 saturated carbocycles. The SMILES string of the molecule is Cc1ccc(C)c(C(=O)Cl)c1I. The van der Waals surface area contributed by atoms with E-state index in [1.807, 2.05) is 26.0 Å². The zero-order valence-electron chi connectivity index (χ0n) is 6.82. The molecule has 0 saturated heterocycles. The van der Waals surface area contributed by atoms with Crippen LogP contribution < -0.4 is 0 Å². The van der Waals surface area contributed by atoms with Gasteiger partial charge < -0.3 is 0 Å². The summed E-state index contributed by atoms with van der Waals surface area (Å²) in [6.45, 7) is 3.85. The number of aryl methyl sites for hydroxylation is 2. The van der Waals surface area contributed by atoms with Crippen LogP contribution in [0.25, 0.3) is 0 Å². The van der Waals surface area contributed by atoms with Gasteiger partial charge in [-0.25, -0.2) is 0 Å². The molecule has 0 amide bonds. The molecule has 0 heterocycles. The maximum absolute atomic E-state index is 11.0. The minimum absolute atomic E-state index is 0.374. The fraction of sp³-hybridized carbons (Fsp3) is 0.222. The highest BCUT2D eigenvalue weighted by molar-refractivity contribution is 14.1. The van der Waals surface area contributed by atoms with Crippen molar-refractivity contribution >= 4 is 39.4 Å². The lowest BCUT2D eigenvalue weighted by atomic mass is 10.1. The minimum Gasteiger partial charge on any atom is -0.276 e. The summed E-state index contributed by atoms with van der Waals surface area (Å²) in [5.74, 6) is 0. The summed E-state index contributed by atoms with van der Waals surface area (Å²) in [6, 6.07) is 3.90. The third-order valence-electron chi connectivity index (χ3n) is 1.74. The van der Waals surface area contributed by atoms with E-state index in [9.17, 15) is 4.79 Å². The first-order chi connectivity index (χ1) is 5.54. The Morgan fingerprint density at radius 2 is 1.83 bits per heavy atom. The smallest absolute Gasteiger partial charge is 0.253 e. The lowest BCUT2D eigenvalue weighted by molar-refractivity contribution is 0.108. The summed E-state index contributed by atoms with van der Waals surface area (Å²) in [6.07, 6.45) is 0. The molecule has 0 bridgehead atoms. The van der Waals surface area contributed by atoms with Gasteiger partial charge in [0.25, 0.3) is 5.24 Å². The first-order valence-corrected chi connectivity index (χ1v) is 4.95. The molecule has 0 aliphatic carbocycles. The van der Waals surface area contributed by atoms with Crippen molar-refractivity contribution in [1.29, 1.82) is 0 Å². The summed E-state index contributed by atoms with van der Waals surface area (Å²) in [5.41, 5.74) is 2.66. The molecule has 0 spiro atoms. The van der Waals surface area contributed by atoms with Gasteiger partial charge in [0.1, 0.15) is 0 Å². The minimum atomic E-state index is -0.374. The second kappa shape index (κ2) is 3.75. The summed E-state index contributed by atoms with van der Waals surface area (Å²) in [5, 5.41) is -0.374. The summed E-state index contributed by atoms with van der Waals surface area (Å²) >= 11 is 7.58. The molecule has 0 fully saturated rings. The van der Waals surface area contributed by atoms with Gasteiger partial charge in [0, 0.05) is 3.57 Å². The van der Waals surface area contributed by atoms with Crippen LogP contribution in [-0.2, 0) is 0 Å². The van der Waals surface area contributed by atoms with Gasteiger partial charge >= 0.3 is 0 Å². The van der Waals surface area contributed by atoms with E-state index < -0.39 is 0 Å². The number of carbonyl (C=O) groups is 1. The van der Waals surface area contributed by atoms with Gasteiger partial charge in [0.2, 0.25) is 0 Å². The van der Waals surface area contributed by atoms with Crippen LogP contribution in [0.4, 0.5) is 0 Å². The van der Waals surface area contributed by atoms with Crippen LogP contribution >= 0.6 is 34.2 Å². The van der Waals surface area contributed by atoms with Crippen molar-refractivity contribution in [3.05, 3.63) is 32.4 Å². The Morgan fingerprint density at radius 1 is 1.33 bits per heavy atom. The topological polar surface area (TPSA) is 17.1 Å². The first-order valence-electron chi connectivity index (χ1n) is 3.49. The Labute approximate surface area is 90.3 Å². The normalized spacial score (nSPS) is 10.0. The van der Waals surface area contributed by atoms with Crippen molar-refractivity contribution in [3.63, 3.8) is 0 Å². The quantitative estimate of drug-likeness (QED) is 0.574. The molecule has 0 aliphatic rings. The average molecular weight is 295 g/mol. The maximum Gasteiger partial charge on any atom is 0.253 e. The van der Waals surface area contributed by atoms with Crippen molar-refractivity contribution < 1.29 is 4.79 Å². The Balaban J connectivity index is 3.43. The van der Waals surface area contributed by atoms with Gasteiger partial charge in [-0.3, -0.25) is 4.79 Å². The molecule has 0 radical (unpaired) electrons. The summed E-state index contributed by atoms with van der Waals surface area (Å²) in [4.78, 5) is 11.0. The van der Waals surface area contributed by atoms with E-state index in [-0.39, 0.29) is 5.24 Å². The van der Waals surface area contributed by atoms with Gasteiger partial charge in [-0.1, -0.05) is 12.1 Å². The molecule has 1 rings (SSSR count). The van der Waals surface area contributed by atoms with Crippen LogP contribution in [0, 0.1) is 17.4 Å². The summed E-state index contributed by atoms with van der Waals surface area (Å²) < 4.78 is 0.951. The van der Waals surface area contributed by atoms with Gasteiger partial charge in [-0.2, -0.15) is 0 Å². The average Bonchev–Trinajstić information content (AvgIpc) is 1.97. The molecule has 0 aliphatic heterocycles. The fourth-order valence-electron chi connectivity index (χ4n) is 1.02. The highest BCUT2D eigenvalue weighted by atomic mass is 127. The highest BCUT2D eigenvalue weighted by Gasteiger charge is 2.11. The summed E-state index contributed by atoms with van der Waals surface area (Å²) in [7, 11) is 0. The monoisotopic (exact) mass is 294 g/mol. The van der Waals surface area contributed by atoms with E-state index in [0.717, 1.165) is 14.7 Å². The zero-order chi connectivity index (χ0) is 9.30. The van der Waals surface area contributed by atoms with Crippen molar-refractivity contribution in [1.82, 2.24) is 0 Å². The lowest BCUT2D eigenvalue weighted by Gasteiger charge is -2.05. The van der Waals surface area contributed by atoms with Crippen LogP contribution in [0.1, 0.15) is 21.5 Å². The second-order valence-electron chi connectivity index (χ2n) is 2.66. The van der Waals surface area contributed by atoms with Crippen molar-refractivity contribution in [3.8, 4) is 0 Å².